The third-order valence-corrected chi connectivity index (χ3v) is 5.62. The van der Waals surface area contributed by atoms with Crippen molar-refractivity contribution in [2.75, 3.05) is 5.32 Å². The molecular formula is C17H22F2N2OS2. The van der Waals surface area contributed by atoms with Crippen LogP contribution in [0.25, 0.3) is 0 Å². The van der Waals surface area contributed by atoms with E-state index in [1.165, 1.54) is 0 Å². The molecule has 1 N–H and O–H groups in total. The highest BCUT2D eigenvalue weighted by molar-refractivity contribution is 7.14. The molecule has 0 fully saturated rings. The number of hydrogen-bond acceptors (Lipinski definition) is 4. The molecule has 2 heterocycles. The maximum absolute atomic E-state index is 13.0. The van der Waals surface area contributed by atoms with Crippen LogP contribution in [0.15, 0.2) is 11.4 Å². The van der Waals surface area contributed by atoms with Gasteiger partial charge in [0.15, 0.2) is 0 Å². The van der Waals surface area contributed by atoms with Crippen LogP contribution in [0.1, 0.15) is 71.7 Å². The second-order valence-corrected chi connectivity index (χ2v) is 9.22. The molecule has 2 aromatic rings. The van der Waals surface area contributed by atoms with Crippen molar-refractivity contribution in [1.82, 2.24) is 4.98 Å². The van der Waals surface area contributed by atoms with E-state index in [0.717, 1.165) is 22.6 Å². The number of hydrogen-bond donors (Lipinski definition) is 1. The van der Waals surface area contributed by atoms with Gasteiger partial charge in [-0.3, -0.25) is 4.79 Å². The van der Waals surface area contributed by atoms with E-state index in [2.05, 4.69) is 38.0 Å². The van der Waals surface area contributed by atoms with E-state index in [-0.39, 0.29) is 16.2 Å². The second kappa shape index (κ2) is 7.27. The second-order valence-electron chi connectivity index (χ2n) is 7.07. The fraction of sp³-hybridized carbons (Fsp3) is 0.529. The van der Waals surface area contributed by atoms with Crippen LogP contribution in [0.2, 0.25) is 0 Å². The lowest BCUT2D eigenvalue weighted by molar-refractivity contribution is 0.101. The zero-order valence-electron chi connectivity index (χ0n) is 14.4. The Hall–Kier alpha value is -1.34. The van der Waals surface area contributed by atoms with Crippen LogP contribution in [-0.2, 0) is 0 Å². The summed E-state index contributed by atoms with van der Waals surface area (Å²) in [6, 6.07) is 1.83. The van der Waals surface area contributed by atoms with Gasteiger partial charge < -0.3 is 5.32 Å². The number of alkyl halides is 2. The summed E-state index contributed by atoms with van der Waals surface area (Å²) in [5.41, 5.74) is 0.435. The highest BCUT2D eigenvalue weighted by Gasteiger charge is 2.25. The minimum absolute atomic E-state index is 0.0110. The number of thiophene rings is 1. The first-order valence-electron chi connectivity index (χ1n) is 7.72. The maximum atomic E-state index is 13.0. The number of anilines is 1. The molecule has 3 nitrogen and oxygen atoms in total. The monoisotopic (exact) mass is 372 g/mol. The van der Waals surface area contributed by atoms with E-state index < -0.39 is 18.0 Å². The lowest BCUT2D eigenvalue weighted by Crippen LogP contribution is -2.15. The lowest BCUT2D eigenvalue weighted by atomic mass is 9.84. The first-order chi connectivity index (χ1) is 11.1. The number of carbonyl (C=O) groups is 1. The van der Waals surface area contributed by atoms with Crippen molar-refractivity contribution >= 4 is 34.3 Å². The summed E-state index contributed by atoms with van der Waals surface area (Å²) in [7, 11) is 0. The maximum Gasteiger partial charge on any atom is 0.282 e. The van der Waals surface area contributed by atoms with E-state index in [4.69, 9.17) is 0 Å². The van der Waals surface area contributed by atoms with Crippen molar-refractivity contribution in [3.05, 3.63) is 31.9 Å². The van der Waals surface area contributed by atoms with Crippen molar-refractivity contribution < 1.29 is 13.6 Å². The number of aryl methyl sites for hydroxylation is 1. The Morgan fingerprint density at radius 2 is 2.04 bits per heavy atom. The number of rotatable bonds is 5. The molecular weight excluding hydrogens is 350 g/mol. The molecule has 2 rings (SSSR count). The summed E-state index contributed by atoms with van der Waals surface area (Å²) in [5, 5.41) is 5.16. The number of aromatic nitrogens is 1. The van der Waals surface area contributed by atoms with Gasteiger partial charge in [0.1, 0.15) is 10.6 Å². The van der Waals surface area contributed by atoms with Gasteiger partial charge in [-0.05, 0) is 36.1 Å². The highest BCUT2D eigenvalue weighted by atomic mass is 32.1. The zero-order valence-corrected chi connectivity index (χ0v) is 16.1. The molecule has 2 aromatic heterocycles. The number of nitrogens with zero attached hydrogens (tertiary/aromatic N) is 1. The molecule has 0 bridgehead atoms. The summed E-state index contributed by atoms with van der Waals surface area (Å²) in [4.78, 5) is 17.3. The van der Waals surface area contributed by atoms with Crippen molar-refractivity contribution in [2.45, 2.75) is 53.4 Å². The Morgan fingerprint density at radius 1 is 1.38 bits per heavy atom. The van der Waals surface area contributed by atoms with Gasteiger partial charge in [-0.2, -0.15) is 0 Å². The van der Waals surface area contributed by atoms with Crippen LogP contribution >= 0.6 is 22.7 Å². The molecule has 0 saturated carbocycles. The Labute approximate surface area is 149 Å². The van der Waals surface area contributed by atoms with E-state index in [9.17, 15) is 13.6 Å². The molecule has 0 aliphatic heterocycles. The van der Waals surface area contributed by atoms with Gasteiger partial charge in [0, 0.05) is 4.88 Å². The van der Waals surface area contributed by atoms with E-state index >= 15 is 0 Å². The molecule has 1 atom stereocenters. The van der Waals surface area contributed by atoms with Gasteiger partial charge in [0.2, 0.25) is 0 Å². The molecule has 1 amide bonds. The molecule has 7 heteroatoms. The van der Waals surface area contributed by atoms with Gasteiger partial charge in [-0.15, -0.1) is 22.7 Å². The third-order valence-electron chi connectivity index (χ3n) is 3.48. The average molecular weight is 373 g/mol. The lowest BCUT2D eigenvalue weighted by Gasteiger charge is -2.23. The topological polar surface area (TPSA) is 42.0 Å². The summed E-state index contributed by atoms with van der Waals surface area (Å²) in [6.45, 7) is 10.3. The van der Waals surface area contributed by atoms with Gasteiger partial charge in [-0.1, -0.05) is 27.7 Å². The summed E-state index contributed by atoms with van der Waals surface area (Å²) in [5.74, 6) is -0.239. The number of amides is 1. The van der Waals surface area contributed by atoms with Crippen LogP contribution in [0.3, 0.4) is 0 Å². The zero-order chi connectivity index (χ0) is 18.1. The first kappa shape index (κ1) is 19.0. The predicted octanol–water partition coefficient (Wildman–Crippen LogP) is 6.24. The molecule has 0 aromatic carbocycles. The fourth-order valence-electron chi connectivity index (χ4n) is 2.75. The smallest absolute Gasteiger partial charge is 0.282 e. The standard InChI is InChI=1S/C17H22F2N2OS2/c1-9(8-17(3,4)5)13-11(6-7-23-13)21-16(22)14-12(15(18)19)20-10(2)24-14/h6-7,9,15H,8H2,1-5H3,(H,21,22). The molecule has 1 unspecified atom stereocenters. The highest BCUT2D eigenvalue weighted by Crippen LogP contribution is 2.38. The predicted molar refractivity (Wildman–Crippen MR) is 96.6 cm³/mol. The number of halogens is 2. The minimum Gasteiger partial charge on any atom is -0.320 e. The number of nitrogens with one attached hydrogen (secondary N) is 1. The quantitative estimate of drug-likeness (QED) is 0.675. The average Bonchev–Trinajstić information content (AvgIpc) is 3.03. The Balaban J connectivity index is 2.21. The summed E-state index contributed by atoms with van der Waals surface area (Å²) in [6.07, 6.45) is -1.78. The molecule has 0 spiro atoms. The Kier molecular flexibility index (Phi) is 5.75. The fourth-order valence-corrected chi connectivity index (χ4v) is 4.48. The van der Waals surface area contributed by atoms with Crippen LogP contribution in [0.5, 0.6) is 0 Å². The molecule has 0 aliphatic rings. The molecule has 0 aliphatic carbocycles. The molecule has 24 heavy (non-hydrogen) atoms. The minimum atomic E-state index is -2.75. The molecule has 0 radical (unpaired) electrons. The van der Waals surface area contributed by atoms with Crippen LogP contribution in [0.4, 0.5) is 14.5 Å². The Morgan fingerprint density at radius 3 is 2.62 bits per heavy atom. The SMILES string of the molecule is Cc1nc(C(F)F)c(C(=O)Nc2ccsc2C(C)CC(C)(C)C)s1. The summed E-state index contributed by atoms with van der Waals surface area (Å²) < 4.78 is 26.1. The van der Waals surface area contributed by atoms with Crippen LogP contribution in [-0.4, -0.2) is 10.9 Å². The number of thiazole rings is 1. The molecule has 0 saturated heterocycles. The first-order valence-corrected chi connectivity index (χ1v) is 9.42. The van der Waals surface area contributed by atoms with Gasteiger partial charge in [0.05, 0.1) is 10.7 Å². The van der Waals surface area contributed by atoms with E-state index in [1.807, 2.05) is 11.4 Å². The van der Waals surface area contributed by atoms with Crippen LogP contribution < -0.4 is 5.32 Å². The largest absolute Gasteiger partial charge is 0.320 e. The summed E-state index contributed by atoms with van der Waals surface area (Å²) >= 11 is 2.57. The van der Waals surface area contributed by atoms with Gasteiger partial charge in [0.25, 0.3) is 12.3 Å². The number of carbonyl (C=O) groups excluding carboxylic acids is 1. The van der Waals surface area contributed by atoms with Gasteiger partial charge in [-0.25, -0.2) is 13.8 Å². The van der Waals surface area contributed by atoms with Gasteiger partial charge >= 0.3 is 0 Å². The third kappa shape index (κ3) is 4.60. The van der Waals surface area contributed by atoms with Crippen LogP contribution in [0, 0.1) is 12.3 Å². The van der Waals surface area contributed by atoms with Crippen molar-refractivity contribution in [3.63, 3.8) is 0 Å². The Bertz CT molecular complexity index is 716. The van der Waals surface area contributed by atoms with E-state index in [1.54, 1.807) is 18.3 Å². The normalized spacial score (nSPS) is 13.3. The van der Waals surface area contributed by atoms with Crippen molar-refractivity contribution in [3.8, 4) is 0 Å². The van der Waals surface area contributed by atoms with Crippen molar-refractivity contribution in [2.24, 2.45) is 5.41 Å². The van der Waals surface area contributed by atoms with E-state index in [0.29, 0.717) is 10.7 Å². The van der Waals surface area contributed by atoms with Crippen molar-refractivity contribution in [1.29, 1.82) is 0 Å². The molecule has 132 valence electrons.